The van der Waals surface area contributed by atoms with Crippen molar-refractivity contribution in [2.45, 2.75) is 83.1 Å². The molecule has 0 aliphatic carbocycles. The summed E-state index contributed by atoms with van der Waals surface area (Å²) in [5.74, 6) is 14.7. The van der Waals surface area contributed by atoms with Gasteiger partial charge in [0.1, 0.15) is 0 Å². The first-order chi connectivity index (χ1) is 29.5. The van der Waals surface area contributed by atoms with Gasteiger partial charge >= 0.3 is 0 Å². The van der Waals surface area contributed by atoms with Gasteiger partial charge in [-0.2, -0.15) is 0 Å². The Morgan fingerprint density at radius 1 is 0.306 bits per heavy atom. The molecule has 4 heteroatoms. The number of hydrogen-bond acceptors (Lipinski definition) is 0. The van der Waals surface area contributed by atoms with E-state index < -0.39 is 0 Å². The Labute approximate surface area is 389 Å². The lowest BCUT2D eigenvalue weighted by Crippen LogP contribution is -2.56. The van der Waals surface area contributed by atoms with Crippen LogP contribution < -0.4 is 32.8 Å². The molecular formula is C58H54B2Br2. The van der Waals surface area contributed by atoms with Crippen molar-refractivity contribution in [1.82, 2.24) is 0 Å². The molecule has 0 saturated carbocycles. The topological polar surface area (TPSA) is 0 Å². The molecule has 0 N–H and O–H groups in total. The predicted molar refractivity (Wildman–Crippen MR) is 279 cm³/mol. The number of halogens is 2. The third-order valence-electron chi connectivity index (χ3n) is 12.4. The van der Waals surface area contributed by atoms with Crippen LogP contribution in [0.2, 0.25) is 0 Å². The highest BCUT2D eigenvalue weighted by Crippen LogP contribution is 2.22. The van der Waals surface area contributed by atoms with E-state index in [1.165, 1.54) is 94.1 Å². The Bertz CT molecular complexity index is 2830. The fraction of sp³-hybridized carbons (Fsp3) is 0.207. The van der Waals surface area contributed by atoms with Crippen LogP contribution in [0.1, 0.15) is 89.0 Å². The van der Waals surface area contributed by atoms with Crippen molar-refractivity contribution in [2.24, 2.45) is 0 Å². The first-order valence-corrected chi connectivity index (χ1v) is 23.1. The van der Waals surface area contributed by atoms with Gasteiger partial charge in [0, 0.05) is 31.2 Å². The van der Waals surface area contributed by atoms with Crippen molar-refractivity contribution in [1.29, 1.82) is 0 Å². The van der Waals surface area contributed by atoms with Crippen molar-refractivity contribution in [3.63, 3.8) is 0 Å². The van der Waals surface area contributed by atoms with Crippen LogP contribution in [0.4, 0.5) is 0 Å². The molecule has 0 bridgehead atoms. The predicted octanol–water partition coefficient (Wildman–Crippen LogP) is 10.7. The summed E-state index contributed by atoms with van der Waals surface area (Å²) in [6.07, 6.45) is 0. The third kappa shape index (κ3) is 9.25. The molecule has 7 aromatic carbocycles. The Morgan fingerprint density at radius 2 is 0.629 bits per heavy atom. The first-order valence-electron chi connectivity index (χ1n) is 21.5. The fourth-order valence-electron chi connectivity index (χ4n) is 10.2. The van der Waals surface area contributed by atoms with Crippen molar-refractivity contribution in [3.05, 3.63) is 207 Å². The van der Waals surface area contributed by atoms with E-state index in [-0.39, 0.29) is 13.4 Å². The third-order valence-corrected chi connectivity index (χ3v) is 13.7. The number of rotatable bonds is 6. The molecule has 7 aromatic rings. The van der Waals surface area contributed by atoms with Gasteiger partial charge in [0.05, 0.1) is 0 Å². The number of aryl methyl sites for hydroxylation is 12. The molecule has 0 fully saturated rings. The minimum absolute atomic E-state index is 0.0139. The molecule has 0 spiro atoms. The molecule has 0 aromatic heterocycles. The summed E-state index contributed by atoms with van der Waals surface area (Å²) in [6, 6.07) is 40.1. The molecule has 306 valence electrons. The average Bonchev–Trinajstić information content (AvgIpc) is 3.18. The van der Waals surface area contributed by atoms with Crippen molar-refractivity contribution >= 4 is 78.1 Å². The van der Waals surface area contributed by atoms with Gasteiger partial charge in [-0.15, -0.1) is 0 Å². The smallest absolute Gasteiger partial charge is 0.0657 e. The van der Waals surface area contributed by atoms with Gasteiger partial charge in [-0.3, -0.25) is 0 Å². The molecule has 0 aliphatic rings. The van der Waals surface area contributed by atoms with Crippen LogP contribution in [0.15, 0.2) is 118 Å². The Morgan fingerprint density at radius 3 is 1.05 bits per heavy atom. The molecule has 0 amide bonds. The zero-order chi connectivity index (χ0) is 44.6. The maximum absolute atomic E-state index is 4.03. The maximum Gasteiger partial charge on any atom is 0.244 e. The maximum atomic E-state index is 4.03. The van der Waals surface area contributed by atoms with E-state index in [1.54, 1.807) is 0 Å². The summed E-state index contributed by atoms with van der Waals surface area (Å²) in [4.78, 5) is 0. The van der Waals surface area contributed by atoms with Crippen molar-refractivity contribution < 1.29 is 0 Å². The zero-order valence-corrected chi connectivity index (χ0v) is 41.5. The van der Waals surface area contributed by atoms with Gasteiger partial charge in [0.2, 0.25) is 13.4 Å². The summed E-state index contributed by atoms with van der Waals surface area (Å²) in [5.41, 5.74) is 27.0. The lowest BCUT2D eigenvalue weighted by molar-refractivity contribution is 1.34. The standard InChI is InChI=1S/C58H54B2Br2/c1-35-25-39(5)55(40(6)26-35)59(56-41(7)27-36(2)28-42(56)8)51-19-15-13-17-47(51)21-24-50-33-52(49(34-54(50)62)23-22-48-18-14-16-20-53(48)61)60(57-43(9)29-37(3)30-44(57)10)58-45(11)31-38(4)32-46(58)12/h13-20,25-34H,1-12H3. The second-order valence-corrected chi connectivity index (χ2v) is 19.3. The second-order valence-electron chi connectivity index (χ2n) is 17.6. The molecule has 62 heavy (non-hydrogen) atoms. The van der Waals surface area contributed by atoms with E-state index in [2.05, 4.69) is 230 Å². The lowest BCUT2D eigenvalue weighted by Gasteiger charge is -2.26. The molecule has 0 aliphatic heterocycles. The molecule has 0 saturated heterocycles. The number of benzene rings is 7. The zero-order valence-electron chi connectivity index (χ0n) is 38.3. The normalized spacial score (nSPS) is 10.8. The first kappa shape index (κ1) is 44.8. The highest BCUT2D eigenvalue weighted by Gasteiger charge is 2.32. The van der Waals surface area contributed by atoms with E-state index in [0.717, 1.165) is 36.7 Å². The van der Waals surface area contributed by atoms with Crippen LogP contribution in [-0.2, 0) is 0 Å². The Balaban J connectivity index is 1.51. The van der Waals surface area contributed by atoms with Crippen LogP contribution in [0.5, 0.6) is 0 Å². The molecule has 0 atom stereocenters. The molecule has 0 nitrogen and oxygen atoms in total. The second kappa shape index (κ2) is 18.6. The SMILES string of the molecule is Cc1cc(C)c(B(c2ccccc2C#Cc2cc(B(c3c(C)cc(C)cc3C)c3c(C)cc(C)cc3C)c(C#Cc3ccccc3Br)cc2Br)c2c(C)cc(C)cc2C)c(C)c1. The Hall–Kier alpha value is -5.25. The molecule has 0 unspecified atom stereocenters. The largest absolute Gasteiger partial charge is 0.244 e. The van der Waals surface area contributed by atoms with E-state index in [4.69, 9.17) is 0 Å². The summed E-state index contributed by atoms with van der Waals surface area (Å²) in [6.45, 7) is 26.8. The van der Waals surface area contributed by atoms with Crippen molar-refractivity contribution in [3.8, 4) is 23.7 Å². The van der Waals surface area contributed by atoms with E-state index in [0.29, 0.717) is 0 Å². The molecule has 0 heterocycles. The minimum atomic E-state index is -0.0787. The number of hydrogen-bond donors (Lipinski definition) is 0. The van der Waals surface area contributed by atoms with Crippen LogP contribution in [-0.4, -0.2) is 13.4 Å². The summed E-state index contributed by atoms with van der Waals surface area (Å²) in [7, 11) is 0. The molecular weight excluding hydrogens is 878 g/mol. The van der Waals surface area contributed by atoms with E-state index >= 15 is 0 Å². The molecule has 7 rings (SSSR count). The highest BCUT2D eigenvalue weighted by molar-refractivity contribution is 9.10. The summed E-state index contributed by atoms with van der Waals surface area (Å²) in [5, 5.41) is 0. The van der Waals surface area contributed by atoms with Gasteiger partial charge in [-0.25, -0.2) is 0 Å². The van der Waals surface area contributed by atoms with Crippen LogP contribution >= 0.6 is 31.9 Å². The van der Waals surface area contributed by atoms with Crippen LogP contribution in [0.3, 0.4) is 0 Å². The van der Waals surface area contributed by atoms with Crippen LogP contribution in [0.25, 0.3) is 0 Å². The quantitative estimate of drug-likeness (QED) is 0.115. The van der Waals surface area contributed by atoms with Gasteiger partial charge < -0.3 is 0 Å². The van der Waals surface area contributed by atoms with E-state index in [1.807, 2.05) is 18.2 Å². The van der Waals surface area contributed by atoms with Gasteiger partial charge in [-0.1, -0.05) is 202 Å². The molecule has 0 radical (unpaired) electrons. The fourth-order valence-corrected chi connectivity index (χ4v) is 11.1. The summed E-state index contributed by atoms with van der Waals surface area (Å²) >= 11 is 7.78. The average molecular weight is 933 g/mol. The minimum Gasteiger partial charge on any atom is -0.0657 e. The lowest BCUT2D eigenvalue weighted by atomic mass is 9.33. The van der Waals surface area contributed by atoms with Crippen molar-refractivity contribution in [2.75, 3.05) is 0 Å². The highest BCUT2D eigenvalue weighted by atomic mass is 79.9. The van der Waals surface area contributed by atoms with Gasteiger partial charge in [-0.05, 0) is 145 Å². The summed E-state index contributed by atoms with van der Waals surface area (Å²) < 4.78 is 1.90. The van der Waals surface area contributed by atoms with E-state index in [9.17, 15) is 0 Å². The van der Waals surface area contributed by atoms with Gasteiger partial charge in [0.25, 0.3) is 0 Å². The Kier molecular flexibility index (Phi) is 13.4. The monoisotopic (exact) mass is 930 g/mol. The van der Waals surface area contributed by atoms with Gasteiger partial charge in [0.15, 0.2) is 0 Å². The van der Waals surface area contributed by atoms with Crippen LogP contribution in [0, 0.1) is 107 Å².